The fourth-order valence-electron chi connectivity index (χ4n) is 4.40. The first-order chi connectivity index (χ1) is 20.4. The Hall–Kier alpha value is -3.79. The summed E-state index contributed by atoms with van der Waals surface area (Å²) in [5.74, 6) is 1.27. The largest absolute Gasteiger partial charge is 0.493 e. The number of halogens is 2. The van der Waals surface area contributed by atoms with E-state index >= 15 is 0 Å². The number of benzene rings is 4. The van der Waals surface area contributed by atoms with Crippen LogP contribution in [0.2, 0.25) is 5.02 Å². The molecule has 0 radical (unpaired) electrons. The van der Waals surface area contributed by atoms with E-state index in [4.69, 9.17) is 21.1 Å². The van der Waals surface area contributed by atoms with Crippen LogP contribution in [0.25, 0.3) is 0 Å². The summed E-state index contributed by atoms with van der Waals surface area (Å²) in [4.78, 5) is 27.2. The van der Waals surface area contributed by atoms with Gasteiger partial charge in [0.1, 0.15) is 12.0 Å². The highest BCUT2D eigenvalue weighted by Crippen LogP contribution is 2.40. The highest BCUT2D eigenvalue weighted by Gasteiger charge is 2.32. The van der Waals surface area contributed by atoms with Gasteiger partial charge in [-0.25, -0.2) is 5.43 Å². The van der Waals surface area contributed by atoms with Gasteiger partial charge in [-0.05, 0) is 74.6 Å². The quantitative estimate of drug-likeness (QED) is 0.143. The summed E-state index contributed by atoms with van der Waals surface area (Å²) in [7, 11) is 1.56. The van der Waals surface area contributed by atoms with Crippen molar-refractivity contribution in [1.29, 1.82) is 0 Å². The molecule has 42 heavy (non-hydrogen) atoms. The second kappa shape index (κ2) is 13.9. The van der Waals surface area contributed by atoms with Crippen molar-refractivity contribution in [2.45, 2.75) is 18.5 Å². The summed E-state index contributed by atoms with van der Waals surface area (Å²) in [6.07, 6.45) is 1.53. The standard InChI is InChI=1S/C32H27BrClN3O4S/c1-40-28-16-23(15-27(33)30(28)41-19-22-7-13-26(34)14-8-22)17-35-36-31(39)24-9-11-25(12-10-24)32-37(29(38)20-42-32)18-21-5-3-2-4-6-21/h2-17,32H,18-20H2,1H3,(H,36,39)/b35-17-/t32-/m0/s1. The first-order valence-electron chi connectivity index (χ1n) is 13.0. The van der Waals surface area contributed by atoms with E-state index in [2.05, 4.69) is 26.5 Å². The van der Waals surface area contributed by atoms with Gasteiger partial charge in [0.2, 0.25) is 5.91 Å². The summed E-state index contributed by atoms with van der Waals surface area (Å²) in [5, 5.41) is 4.69. The van der Waals surface area contributed by atoms with E-state index in [-0.39, 0.29) is 17.2 Å². The summed E-state index contributed by atoms with van der Waals surface area (Å²) in [6.45, 7) is 0.889. The highest BCUT2D eigenvalue weighted by atomic mass is 79.9. The lowest BCUT2D eigenvalue weighted by Gasteiger charge is -2.24. The van der Waals surface area contributed by atoms with Crippen molar-refractivity contribution in [3.63, 3.8) is 0 Å². The zero-order valence-corrected chi connectivity index (χ0v) is 25.8. The Morgan fingerprint density at radius 1 is 1.07 bits per heavy atom. The number of methoxy groups -OCH3 is 1. The maximum atomic E-state index is 12.8. The molecule has 4 aromatic carbocycles. The molecule has 1 aliphatic rings. The van der Waals surface area contributed by atoms with Crippen molar-refractivity contribution >= 4 is 57.3 Å². The normalized spacial score (nSPS) is 14.8. The maximum absolute atomic E-state index is 12.8. The molecule has 0 bridgehead atoms. The predicted octanol–water partition coefficient (Wildman–Crippen LogP) is 7.23. The first-order valence-corrected chi connectivity index (χ1v) is 15.3. The number of hydrogen-bond donors (Lipinski definition) is 1. The molecule has 10 heteroatoms. The highest BCUT2D eigenvalue weighted by molar-refractivity contribution is 9.10. The summed E-state index contributed by atoms with van der Waals surface area (Å²) in [5.41, 5.74) is 6.75. The van der Waals surface area contributed by atoms with Crippen LogP contribution in [0.4, 0.5) is 0 Å². The molecule has 1 heterocycles. The molecule has 1 N–H and O–H groups in total. The minimum atomic E-state index is -0.344. The zero-order valence-electron chi connectivity index (χ0n) is 22.6. The third-order valence-electron chi connectivity index (χ3n) is 6.55. The van der Waals surface area contributed by atoms with Gasteiger partial charge in [-0.15, -0.1) is 11.8 Å². The van der Waals surface area contributed by atoms with Crippen LogP contribution in [0.3, 0.4) is 0 Å². The van der Waals surface area contributed by atoms with Crippen LogP contribution in [0.15, 0.2) is 101 Å². The van der Waals surface area contributed by atoms with Crippen molar-refractivity contribution < 1.29 is 19.1 Å². The lowest BCUT2D eigenvalue weighted by Crippen LogP contribution is -2.27. The molecule has 0 aromatic heterocycles. The SMILES string of the molecule is COc1cc(/C=N\NC(=O)c2ccc([C@@H]3SCC(=O)N3Cc3ccccc3)cc2)cc(Br)c1OCc1ccc(Cl)cc1. The zero-order chi connectivity index (χ0) is 29.5. The van der Waals surface area contributed by atoms with Crippen molar-refractivity contribution in [2.75, 3.05) is 12.9 Å². The van der Waals surface area contributed by atoms with Gasteiger partial charge < -0.3 is 14.4 Å². The van der Waals surface area contributed by atoms with E-state index in [0.717, 1.165) is 16.7 Å². The third kappa shape index (κ3) is 7.34. The van der Waals surface area contributed by atoms with Crippen LogP contribution < -0.4 is 14.9 Å². The van der Waals surface area contributed by atoms with Crippen LogP contribution in [0.1, 0.15) is 38.0 Å². The van der Waals surface area contributed by atoms with E-state index in [9.17, 15) is 9.59 Å². The number of nitrogens with one attached hydrogen (secondary N) is 1. The Balaban J connectivity index is 1.20. The van der Waals surface area contributed by atoms with Crippen LogP contribution in [0, 0.1) is 0 Å². The van der Waals surface area contributed by atoms with E-state index < -0.39 is 0 Å². The van der Waals surface area contributed by atoms with Gasteiger partial charge in [0.25, 0.3) is 5.91 Å². The molecule has 4 aromatic rings. The lowest BCUT2D eigenvalue weighted by molar-refractivity contribution is -0.128. The van der Waals surface area contributed by atoms with Gasteiger partial charge in [-0.2, -0.15) is 5.10 Å². The van der Waals surface area contributed by atoms with Gasteiger partial charge in [0.15, 0.2) is 11.5 Å². The topological polar surface area (TPSA) is 80.2 Å². The molecule has 0 aliphatic carbocycles. The van der Waals surface area contributed by atoms with Crippen LogP contribution >= 0.6 is 39.3 Å². The minimum absolute atomic E-state index is 0.0978. The maximum Gasteiger partial charge on any atom is 0.271 e. The molecule has 0 saturated carbocycles. The second-order valence-electron chi connectivity index (χ2n) is 9.44. The fraction of sp³-hybridized carbons (Fsp3) is 0.156. The molecular formula is C32H27BrClN3O4S. The van der Waals surface area contributed by atoms with Gasteiger partial charge in [-0.3, -0.25) is 9.59 Å². The number of rotatable bonds is 10. The number of thioether (sulfide) groups is 1. The smallest absolute Gasteiger partial charge is 0.271 e. The van der Waals surface area contributed by atoms with Crippen molar-refractivity contribution in [3.05, 3.63) is 128 Å². The molecule has 1 aliphatic heterocycles. The number of amides is 2. The average Bonchev–Trinajstić information content (AvgIpc) is 3.37. The van der Waals surface area contributed by atoms with Gasteiger partial charge in [0.05, 0.1) is 23.5 Å². The number of hydrazone groups is 1. The molecule has 2 amide bonds. The average molecular weight is 665 g/mol. The number of nitrogens with zero attached hydrogens (tertiary/aromatic N) is 2. The Labute approximate surface area is 262 Å². The summed E-state index contributed by atoms with van der Waals surface area (Å²) >= 11 is 11.1. The summed E-state index contributed by atoms with van der Waals surface area (Å²) in [6, 6.07) is 28.2. The molecular weight excluding hydrogens is 638 g/mol. The number of carbonyl (C=O) groups is 2. The third-order valence-corrected chi connectivity index (χ3v) is 8.65. The number of ether oxygens (including phenoxy) is 2. The van der Waals surface area contributed by atoms with E-state index in [1.54, 1.807) is 37.1 Å². The van der Waals surface area contributed by atoms with Gasteiger partial charge in [-0.1, -0.05) is 66.2 Å². The Bertz CT molecular complexity index is 1580. The van der Waals surface area contributed by atoms with Crippen LogP contribution in [-0.4, -0.2) is 35.8 Å². The molecule has 1 atom stereocenters. The molecule has 1 fully saturated rings. The Kier molecular flexibility index (Phi) is 9.84. The molecule has 1 saturated heterocycles. The van der Waals surface area contributed by atoms with E-state index in [0.29, 0.717) is 51.0 Å². The number of hydrogen-bond acceptors (Lipinski definition) is 6. The monoisotopic (exact) mass is 663 g/mol. The van der Waals surface area contributed by atoms with Crippen LogP contribution in [0.5, 0.6) is 11.5 Å². The molecule has 7 nitrogen and oxygen atoms in total. The van der Waals surface area contributed by atoms with Crippen molar-refractivity contribution in [3.8, 4) is 11.5 Å². The second-order valence-corrected chi connectivity index (χ2v) is 11.8. The van der Waals surface area contributed by atoms with Crippen LogP contribution in [-0.2, 0) is 17.9 Å². The molecule has 5 rings (SSSR count). The van der Waals surface area contributed by atoms with Gasteiger partial charge >= 0.3 is 0 Å². The first kappa shape index (κ1) is 29.7. The van der Waals surface area contributed by atoms with E-state index in [1.807, 2.05) is 77.7 Å². The Morgan fingerprint density at radius 2 is 1.81 bits per heavy atom. The van der Waals surface area contributed by atoms with Crippen molar-refractivity contribution in [1.82, 2.24) is 10.3 Å². The lowest BCUT2D eigenvalue weighted by atomic mass is 10.1. The number of carbonyl (C=O) groups excluding carboxylic acids is 2. The molecule has 214 valence electrons. The van der Waals surface area contributed by atoms with Gasteiger partial charge in [0, 0.05) is 17.1 Å². The minimum Gasteiger partial charge on any atom is -0.493 e. The molecule has 0 unspecified atom stereocenters. The van der Waals surface area contributed by atoms with E-state index in [1.165, 1.54) is 6.21 Å². The predicted molar refractivity (Wildman–Crippen MR) is 170 cm³/mol. The van der Waals surface area contributed by atoms with Crippen molar-refractivity contribution in [2.24, 2.45) is 5.10 Å². The Morgan fingerprint density at radius 3 is 2.52 bits per heavy atom. The summed E-state index contributed by atoms with van der Waals surface area (Å²) < 4.78 is 12.2. The molecule has 0 spiro atoms. The fourth-order valence-corrected chi connectivity index (χ4v) is 6.29.